The fraction of sp³-hybridized carbons (Fsp3) is 0.138. The molecule has 7 rings (SSSR count). The number of hydrogen-bond acceptors (Lipinski definition) is 7. The zero-order chi connectivity index (χ0) is 27.1. The lowest BCUT2D eigenvalue weighted by Gasteiger charge is -2.26. The van der Waals surface area contributed by atoms with Crippen LogP contribution in [0.5, 0.6) is 0 Å². The Morgan fingerprint density at radius 2 is 1.82 bits per heavy atom. The summed E-state index contributed by atoms with van der Waals surface area (Å²) in [6.07, 6.45) is 6.89. The minimum atomic E-state index is -0.172. The number of carbonyl (C=O) groups excluding carboxylic acids is 1. The van der Waals surface area contributed by atoms with Crippen molar-refractivity contribution in [3.63, 3.8) is 0 Å². The molecule has 0 unspecified atom stereocenters. The standard InChI is InChI=1S/C29H25N9O2/c30-38-25-6-3-4-21(24-5-1-2-7-32-24)22(25)14-26(38)27-23-13-19(16-33-28(23)36-35-27)18-12-20(17-31-15-18)34-29(39)37-8-10-40-11-9-37/h1-7,12-17H,8-11,30H2,(H,34,39)(H,33,35,36). The minimum absolute atomic E-state index is 0.172. The number of carbonyl (C=O) groups is 1. The fourth-order valence-electron chi connectivity index (χ4n) is 5.08. The molecule has 198 valence electrons. The van der Waals surface area contributed by atoms with Gasteiger partial charge in [-0.15, -0.1) is 0 Å². The van der Waals surface area contributed by atoms with Gasteiger partial charge < -0.3 is 20.8 Å². The number of morpholine rings is 1. The fourth-order valence-corrected chi connectivity index (χ4v) is 5.08. The summed E-state index contributed by atoms with van der Waals surface area (Å²) in [5, 5.41) is 12.3. The Labute approximate surface area is 228 Å². The molecular weight excluding hydrogens is 506 g/mol. The molecule has 40 heavy (non-hydrogen) atoms. The molecule has 0 saturated carbocycles. The van der Waals surface area contributed by atoms with E-state index in [1.54, 1.807) is 34.4 Å². The highest BCUT2D eigenvalue weighted by molar-refractivity contribution is 6.01. The number of nitrogens with one attached hydrogen (secondary N) is 2. The van der Waals surface area contributed by atoms with Crippen LogP contribution < -0.4 is 11.2 Å². The molecule has 1 saturated heterocycles. The van der Waals surface area contributed by atoms with Crippen molar-refractivity contribution < 1.29 is 9.53 Å². The summed E-state index contributed by atoms with van der Waals surface area (Å²) in [4.78, 5) is 27.8. The van der Waals surface area contributed by atoms with E-state index in [1.165, 1.54) is 0 Å². The minimum Gasteiger partial charge on any atom is -0.378 e. The number of benzene rings is 1. The second kappa shape index (κ2) is 9.79. The Morgan fingerprint density at radius 3 is 2.67 bits per heavy atom. The number of urea groups is 1. The predicted molar refractivity (Wildman–Crippen MR) is 153 cm³/mol. The van der Waals surface area contributed by atoms with Crippen LogP contribution >= 0.6 is 0 Å². The van der Waals surface area contributed by atoms with Crippen molar-refractivity contribution in [2.24, 2.45) is 0 Å². The Morgan fingerprint density at radius 1 is 0.950 bits per heavy atom. The lowest BCUT2D eigenvalue weighted by atomic mass is 10.1. The SMILES string of the molecule is Nn1c(-c2[nH]nc3ncc(-c4cncc(NC(=O)N5CCOCC5)c4)cc23)cc2c(-c3ccccn3)cccc21. The highest BCUT2D eigenvalue weighted by atomic mass is 16.5. The lowest BCUT2D eigenvalue weighted by molar-refractivity contribution is 0.0564. The summed E-state index contributed by atoms with van der Waals surface area (Å²) in [5.74, 6) is 6.61. The molecule has 1 aliphatic rings. The smallest absolute Gasteiger partial charge is 0.322 e. The van der Waals surface area contributed by atoms with E-state index >= 15 is 0 Å². The average molecular weight is 532 g/mol. The number of pyridine rings is 3. The number of nitrogens with two attached hydrogens (primary N) is 1. The van der Waals surface area contributed by atoms with Crippen molar-refractivity contribution in [1.29, 1.82) is 0 Å². The zero-order valence-corrected chi connectivity index (χ0v) is 21.4. The maximum atomic E-state index is 12.7. The van der Waals surface area contributed by atoms with Crippen molar-refractivity contribution in [2.75, 3.05) is 37.5 Å². The van der Waals surface area contributed by atoms with Gasteiger partial charge in [0.1, 0.15) is 0 Å². The van der Waals surface area contributed by atoms with Gasteiger partial charge in [0.2, 0.25) is 0 Å². The van der Waals surface area contributed by atoms with Crippen molar-refractivity contribution in [3.05, 3.63) is 79.4 Å². The molecule has 0 aliphatic carbocycles. The van der Waals surface area contributed by atoms with Crippen LogP contribution in [0.1, 0.15) is 0 Å². The summed E-state index contributed by atoms with van der Waals surface area (Å²) >= 11 is 0. The molecule has 4 N–H and O–H groups in total. The largest absolute Gasteiger partial charge is 0.378 e. The van der Waals surface area contributed by atoms with Crippen molar-refractivity contribution in [3.8, 4) is 33.8 Å². The number of H-pyrrole nitrogens is 1. The van der Waals surface area contributed by atoms with Crippen molar-refractivity contribution >= 4 is 33.7 Å². The molecule has 11 heteroatoms. The van der Waals surface area contributed by atoms with Crippen LogP contribution in [-0.4, -0.2) is 67.1 Å². The third-order valence-electron chi connectivity index (χ3n) is 7.11. The van der Waals surface area contributed by atoms with Crippen LogP contribution in [-0.2, 0) is 4.74 Å². The molecule has 1 aromatic carbocycles. The first-order chi connectivity index (χ1) is 19.7. The van der Waals surface area contributed by atoms with Gasteiger partial charge in [-0.2, -0.15) is 5.10 Å². The highest BCUT2D eigenvalue weighted by Gasteiger charge is 2.19. The average Bonchev–Trinajstić information content (AvgIpc) is 3.58. The molecule has 5 aromatic heterocycles. The van der Waals surface area contributed by atoms with Crippen LogP contribution in [0.4, 0.5) is 10.5 Å². The molecule has 6 aromatic rings. The van der Waals surface area contributed by atoms with Gasteiger partial charge in [-0.25, -0.2) is 9.78 Å². The van der Waals surface area contributed by atoms with Gasteiger partial charge in [0, 0.05) is 59.1 Å². The number of hydrogen-bond donors (Lipinski definition) is 3. The molecule has 0 spiro atoms. The Hall–Kier alpha value is -5.29. The number of amides is 2. The van der Waals surface area contributed by atoms with Crippen LogP contribution in [0, 0.1) is 0 Å². The molecule has 0 radical (unpaired) electrons. The van der Waals surface area contributed by atoms with E-state index in [-0.39, 0.29) is 6.03 Å². The molecule has 2 amide bonds. The molecule has 1 fully saturated rings. The van der Waals surface area contributed by atoms with Gasteiger partial charge in [-0.1, -0.05) is 18.2 Å². The second-order valence-electron chi connectivity index (χ2n) is 9.54. The molecule has 6 heterocycles. The summed E-state index contributed by atoms with van der Waals surface area (Å²) in [7, 11) is 0. The first-order valence-corrected chi connectivity index (χ1v) is 12.9. The first-order valence-electron chi connectivity index (χ1n) is 12.9. The number of aromatic nitrogens is 6. The third kappa shape index (κ3) is 4.18. The number of nitrogen functional groups attached to an aromatic ring is 1. The van der Waals surface area contributed by atoms with Gasteiger partial charge in [-0.3, -0.25) is 19.7 Å². The summed E-state index contributed by atoms with van der Waals surface area (Å²) < 4.78 is 6.99. The maximum Gasteiger partial charge on any atom is 0.322 e. The van der Waals surface area contributed by atoms with E-state index in [0.29, 0.717) is 37.6 Å². The zero-order valence-electron chi connectivity index (χ0n) is 21.4. The second-order valence-corrected chi connectivity index (χ2v) is 9.54. The van der Waals surface area contributed by atoms with E-state index < -0.39 is 0 Å². The molecule has 11 nitrogen and oxygen atoms in total. The molecule has 0 atom stereocenters. The van der Waals surface area contributed by atoms with E-state index in [2.05, 4.69) is 30.5 Å². The van der Waals surface area contributed by atoms with Crippen LogP contribution in [0.25, 0.3) is 55.7 Å². The number of fused-ring (bicyclic) bond motifs is 2. The monoisotopic (exact) mass is 531 g/mol. The Kier molecular flexibility index (Phi) is 5.82. The van der Waals surface area contributed by atoms with Gasteiger partial charge >= 0.3 is 6.03 Å². The van der Waals surface area contributed by atoms with Gasteiger partial charge in [0.25, 0.3) is 0 Å². The lowest BCUT2D eigenvalue weighted by Crippen LogP contribution is -2.43. The highest BCUT2D eigenvalue weighted by Crippen LogP contribution is 2.35. The number of nitrogens with zero attached hydrogens (tertiary/aromatic N) is 6. The van der Waals surface area contributed by atoms with Crippen molar-refractivity contribution in [2.45, 2.75) is 0 Å². The van der Waals surface area contributed by atoms with E-state index in [4.69, 9.17) is 10.6 Å². The Bertz CT molecular complexity index is 1860. The molecular formula is C29H25N9O2. The van der Waals surface area contributed by atoms with Crippen LogP contribution in [0.2, 0.25) is 0 Å². The van der Waals surface area contributed by atoms with Gasteiger partial charge in [0.05, 0.1) is 47.7 Å². The summed E-state index contributed by atoms with van der Waals surface area (Å²) in [6, 6.07) is 17.6. The maximum absolute atomic E-state index is 12.7. The number of rotatable bonds is 4. The first kappa shape index (κ1) is 23.8. The predicted octanol–water partition coefficient (Wildman–Crippen LogP) is 4.28. The summed E-state index contributed by atoms with van der Waals surface area (Å²) in [6.45, 7) is 2.20. The third-order valence-corrected chi connectivity index (χ3v) is 7.11. The van der Waals surface area contributed by atoms with Crippen LogP contribution in [0.15, 0.2) is 79.4 Å². The Balaban J connectivity index is 1.25. The van der Waals surface area contributed by atoms with E-state index in [9.17, 15) is 4.79 Å². The molecule has 1 aliphatic heterocycles. The van der Waals surface area contributed by atoms with E-state index in [0.717, 1.165) is 50.1 Å². The molecule has 0 bridgehead atoms. The number of ether oxygens (including phenoxy) is 1. The van der Waals surface area contributed by atoms with Gasteiger partial charge in [0.15, 0.2) is 5.65 Å². The van der Waals surface area contributed by atoms with E-state index in [1.807, 2.05) is 54.6 Å². The number of aromatic amines is 1. The quantitative estimate of drug-likeness (QED) is 0.289. The van der Waals surface area contributed by atoms with Crippen molar-refractivity contribution in [1.82, 2.24) is 34.7 Å². The summed E-state index contributed by atoms with van der Waals surface area (Å²) in [5.41, 5.74) is 7.07. The van der Waals surface area contributed by atoms with Crippen LogP contribution in [0.3, 0.4) is 0 Å². The van der Waals surface area contributed by atoms with Gasteiger partial charge in [-0.05, 0) is 36.4 Å². The number of anilines is 1. The topological polar surface area (TPSA) is 140 Å². The normalized spacial score (nSPS) is 13.7.